The van der Waals surface area contributed by atoms with Crippen LogP contribution in [0.1, 0.15) is 11.1 Å². The number of rotatable bonds is 7. The number of methoxy groups -OCH3 is 1. The molecule has 0 atom stereocenters. The fourth-order valence-corrected chi connectivity index (χ4v) is 4.01. The number of nitrogens with zero attached hydrogens (tertiary/aromatic N) is 1. The van der Waals surface area contributed by atoms with Gasteiger partial charge in [0.15, 0.2) is 11.5 Å². The van der Waals surface area contributed by atoms with E-state index in [4.69, 9.17) is 17.0 Å². The molecule has 1 heterocycles. The summed E-state index contributed by atoms with van der Waals surface area (Å²) in [5.41, 5.74) is 1.59. The second kappa shape index (κ2) is 9.64. The molecule has 0 spiro atoms. The second-order valence-corrected chi connectivity index (χ2v) is 8.14. The number of phenolic OH excluding ortho intramolecular Hbond substituents is 2. The van der Waals surface area contributed by atoms with Crippen molar-refractivity contribution in [3.05, 3.63) is 58.5 Å². The summed E-state index contributed by atoms with van der Waals surface area (Å²) in [4.78, 5) is 26.6. The van der Waals surface area contributed by atoms with Gasteiger partial charge in [-0.05, 0) is 47.9 Å². The van der Waals surface area contributed by atoms with E-state index in [0.29, 0.717) is 22.2 Å². The predicted octanol–water partition coefficient (Wildman–Crippen LogP) is 2.67. The van der Waals surface area contributed by atoms with Gasteiger partial charge in [-0.25, -0.2) is 0 Å². The lowest BCUT2D eigenvalue weighted by atomic mass is 10.1. The maximum atomic E-state index is 12.6. The number of phenols is 2. The van der Waals surface area contributed by atoms with Crippen molar-refractivity contribution in [2.75, 3.05) is 20.2 Å². The molecule has 0 bridgehead atoms. The first-order chi connectivity index (χ1) is 14.4. The minimum Gasteiger partial charge on any atom is -0.504 e. The smallest absolute Gasteiger partial charge is 0.266 e. The maximum Gasteiger partial charge on any atom is 0.266 e. The van der Waals surface area contributed by atoms with Crippen molar-refractivity contribution in [3.63, 3.8) is 0 Å². The zero-order chi connectivity index (χ0) is 21.7. The van der Waals surface area contributed by atoms with Gasteiger partial charge in [-0.3, -0.25) is 14.5 Å². The second-order valence-electron chi connectivity index (χ2n) is 6.46. The summed E-state index contributed by atoms with van der Waals surface area (Å²) in [5.74, 6) is -0.321. The van der Waals surface area contributed by atoms with E-state index in [1.807, 2.05) is 12.1 Å². The Hall–Kier alpha value is -3.04. The summed E-state index contributed by atoms with van der Waals surface area (Å²) < 4.78 is 5.45. The quantitative estimate of drug-likeness (QED) is 0.343. The lowest BCUT2D eigenvalue weighted by molar-refractivity contribution is -0.128. The number of benzene rings is 2. The van der Waals surface area contributed by atoms with Crippen LogP contribution in [0.3, 0.4) is 0 Å². The molecule has 1 aliphatic rings. The van der Waals surface area contributed by atoms with Crippen molar-refractivity contribution in [2.45, 2.75) is 6.42 Å². The standard InChI is InChI=1S/C21H20N2O5S2/c1-28-15-5-2-13(3-6-15)11-18-20(27)23(21(29)30-18)12-19(26)22-9-8-14-4-7-16(24)17(25)10-14/h2-7,10-11,24-25H,8-9,12H2,1H3,(H,22,26). The van der Waals surface area contributed by atoms with Crippen LogP contribution in [-0.4, -0.2) is 51.4 Å². The highest BCUT2D eigenvalue weighted by molar-refractivity contribution is 8.26. The van der Waals surface area contributed by atoms with Crippen molar-refractivity contribution >= 4 is 46.2 Å². The number of hydrogen-bond acceptors (Lipinski definition) is 7. The number of amides is 2. The van der Waals surface area contributed by atoms with Gasteiger partial charge < -0.3 is 20.3 Å². The summed E-state index contributed by atoms with van der Waals surface area (Å²) in [6, 6.07) is 11.8. The molecule has 0 radical (unpaired) electrons. The third kappa shape index (κ3) is 5.31. The van der Waals surface area contributed by atoms with Gasteiger partial charge in [0.05, 0.1) is 12.0 Å². The predicted molar refractivity (Wildman–Crippen MR) is 119 cm³/mol. The molecule has 30 heavy (non-hydrogen) atoms. The fraction of sp³-hybridized carbons (Fsp3) is 0.190. The number of carbonyl (C=O) groups is 2. The van der Waals surface area contributed by atoms with Crippen LogP contribution in [-0.2, 0) is 16.0 Å². The van der Waals surface area contributed by atoms with Gasteiger partial charge in [0.25, 0.3) is 5.91 Å². The molecule has 3 rings (SSSR count). The van der Waals surface area contributed by atoms with E-state index >= 15 is 0 Å². The number of carbonyl (C=O) groups excluding carboxylic acids is 2. The Morgan fingerprint density at radius 2 is 1.93 bits per heavy atom. The largest absolute Gasteiger partial charge is 0.504 e. The van der Waals surface area contributed by atoms with E-state index in [1.54, 1.807) is 31.4 Å². The van der Waals surface area contributed by atoms with E-state index in [-0.39, 0.29) is 29.9 Å². The molecule has 2 aromatic rings. The molecule has 7 nitrogen and oxygen atoms in total. The van der Waals surface area contributed by atoms with Crippen LogP contribution in [0.15, 0.2) is 47.4 Å². The van der Waals surface area contributed by atoms with Crippen LogP contribution in [0, 0.1) is 0 Å². The van der Waals surface area contributed by atoms with Crippen molar-refractivity contribution < 1.29 is 24.5 Å². The van der Waals surface area contributed by atoms with E-state index < -0.39 is 0 Å². The zero-order valence-electron chi connectivity index (χ0n) is 16.1. The first-order valence-electron chi connectivity index (χ1n) is 9.04. The topological polar surface area (TPSA) is 99.1 Å². The number of thiocarbonyl (C=S) groups is 1. The number of ether oxygens (including phenoxy) is 1. The Kier molecular flexibility index (Phi) is 6.96. The van der Waals surface area contributed by atoms with Gasteiger partial charge in [-0.2, -0.15) is 0 Å². The Morgan fingerprint density at radius 3 is 2.60 bits per heavy atom. The monoisotopic (exact) mass is 444 g/mol. The summed E-state index contributed by atoms with van der Waals surface area (Å²) >= 11 is 6.42. The van der Waals surface area contributed by atoms with Gasteiger partial charge in [0.2, 0.25) is 5.91 Å². The van der Waals surface area contributed by atoms with Gasteiger partial charge in [0.1, 0.15) is 16.6 Å². The molecule has 1 aliphatic heterocycles. The highest BCUT2D eigenvalue weighted by Crippen LogP contribution is 2.32. The zero-order valence-corrected chi connectivity index (χ0v) is 17.8. The van der Waals surface area contributed by atoms with Gasteiger partial charge in [-0.15, -0.1) is 0 Å². The Bertz CT molecular complexity index is 1000. The number of hydrogen-bond donors (Lipinski definition) is 3. The normalized spacial score (nSPS) is 15.0. The Labute approximate surface area is 183 Å². The molecule has 0 aliphatic carbocycles. The van der Waals surface area contributed by atoms with Crippen LogP contribution < -0.4 is 10.1 Å². The molecule has 0 unspecified atom stereocenters. The third-order valence-corrected chi connectivity index (χ3v) is 5.74. The molecule has 3 N–H and O–H groups in total. The molecule has 9 heteroatoms. The fourth-order valence-electron chi connectivity index (χ4n) is 2.76. The first kappa shape index (κ1) is 21.7. The highest BCUT2D eigenvalue weighted by atomic mass is 32.2. The average molecular weight is 445 g/mol. The molecule has 1 fully saturated rings. The van der Waals surface area contributed by atoms with Gasteiger partial charge in [-0.1, -0.05) is 42.2 Å². The molecule has 1 saturated heterocycles. The first-order valence-corrected chi connectivity index (χ1v) is 10.3. The minimum absolute atomic E-state index is 0.161. The minimum atomic E-state index is -0.333. The molecule has 0 saturated carbocycles. The van der Waals surface area contributed by atoms with Crippen LogP contribution in [0.25, 0.3) is 6.08 Å². The lowest BCUT2D eigenvalue weighted by Gasteiger charge is -2.14. The Balaban J connectivity index is 1.54. The van der Waals surface area contributed by atoms with Crippen LogP contribution in [0.5, 0.6) is 17.2 Å². The van der Waals surface area contributed by atoms with Crippen molar-refractivity contribution in [2.24, 2.45) is 0 Å². The molecule has 2 amide bonds. The van der Waals surface area contributed by atoms with Crippen LogP contribution >= 0.6 is 24.0 Å². The van der Waals surface area contributed by atoms with E-state index in [0.717, 1.165) is 28.6 Å². The summed E-state index contributed by atoms with van der Waals surface area (Å²) in [6.45, 7) is 0.158. The van der Waals surface area contributed by atoms with Crippen molar-refractivity contribution in [1.82, 2.24) is 10.2 Å². The molecule has 0 aromatic heterocycles. The van der Waals surface area contributed by atoms with Gasteiger partial charge >= 0.3 is 0 Å². The third-order valence-electron chi connectivity index (χ3n) is 4.36. The van der Waals surface area contributed by atoms with Crippen molar-refractivity contribution in [3.8, 4) is 17.2 Å². The van der Waals surface area contributed by atoms with E-state index in [1.165, 1.54) is 17.0 Å². The van der Waals surface area contributed by atoms with Gasteiger partial charge in [0, 0.05) is 6.54 Å². The molecule has 2 aromatic carbocycles. The summed E-state index contributed by atoms with van der Waals surface area (Å²) in [6.07, 6.45) is 2.20. The number of thioether (sulfide) groups is 1. The van der Waals surface area contributed by atoms with E-state index in [2.05, 4.69) is 5.32 Å². The Morgan fingerprint density at radius 1 is 1.20 bits per heavy atom. The SMILES string of the molecule is COc1ccc(C=C2SC(=S)N(CC(=O)NCCc3ccc(O)c(O)c3)C2=O)cc1. The maximum absolute atomic E-state index is 12.6. The number of aromatic hydroxyl groups is 2. The summed E-state index contributed by atoms with van der Waals surface area (Å²) in [7, 11) is 1.58. The number of nitrogens with one attached hydrogen (secondary N) is 1. The lowest BCUT2D eigenvalue weighted by Crippen LogP contribution is -2.40. The highest BCUT2D eigenvalue weighted by Gasteiger charge is 2.33. The molecular formula is C21H20N2O5S2. The van der Waals surface area contributed by atoms with E-state index in [9.17, 15) is 19.8 Å². The molecular weight excluding hydrogens is 424 g/mol. The van der Waals surface area contributed by atoms with Crippen molar-refractivity contribution in [1.29, 1.82) is 0 Å². The van der Waals surface area contributed by atoms with Crippen LogP contribution in [0.2, 0.25) is 0 Å². The average Bonchev–Trinajstić information content (AvgIpc) is 2.98. The van der Waals surface area contributed by atoms with Crippen LogP contribution in [0.4, 0.5) is 0 Å². The summed E-state index contributed by atoms with van der Waals surface area (Å²) in [5, 5.41) is 21.6. The molecule has 156 valence electrons.